The molecule has 1 aromatic heterocycles. The van der Waals surface area contributed by atoms with Gasteiger partial charge in [-0.05, 0) is 25.8 Å². The van der Waals surface area contributed by atoms with E-state index in [0.717, 1.165) is 64.3 Å². The van der Waals surface area contributed by atoms with Crippen molar-refractivity contribution in [2.75, 3.05) is 50.7 Å². The topological polar surface area (TPSA) is 72.5 Å². The zero-order valence-electron chi connectivity index (χ0n) is 14.4. The number of hydrogen-bond donors (Lipinski definition) is 1. The van der Waals surface area contributed by atoms with Crippen molar-refractivity contribution in [3.63, 3.8) is 0 Å². The number of aromatic amines is 1. The smallest absolute Gasteiger partial charge is 0.266 e. The number of carbonyl (C=O) groups is 1. The largest absolute Gasteiger partial charge is 0.370 e. The molecule has 2 fully saturated rings. The Hall–Kier alpha value is -1.89. The molecule has 1 aromatic rings. The van der Waals surface area contributed by atoms with Gasteiger partial charge in [-0.1, -0.05) is 6.92 Å². The number of carbonyl (C=O) groups excluding carboxylic acids is 1. The molecule has 3 rings (SSSR count). The van der Waals surface area contributed by atoms with Crippen molar-refractivity contribution in [2.45, 2.75) is 26.2 Å². The maximum absolute atomic E-state index is 12.7. The van der Waals surface area contributed by atoms with E-state index in [2.05, 4.69) is 26.9 Å². The summed E-state index contributed by atoms with van der Waals surface area (Å²) in [6.45, 7) is 8.64. The molecule has 2 saturated heterocycles. The van der Waals surface area contributed by atoms with Crippen LogP contribution in [0.3, 0.4) is 0 Å². The van der Waals surface area contributed by atoms with Gasteiger partial charge in [-0.15, -0.1) is 0 Å². The van der Waals surface area contributed by atoms with Gasteiger partial charge in [0.1, 0.15) is 0 Å². The number of nitrogens with one attached hydrogen (secondary N) is 1. The average molecular weight is 333 g/mol. The molecule has 7 nitrogen and oxygen atoms in total. The third-order valence-corrected chi connectivity index (χ3v) is 5.08. The highest BCUT2D eigenvalue weighted by molar-refractivity contribution is 5.79. The fraction of sp³-hybridized carbons (Fsp3) is 0.706. The Morgan fingerprint density at radius 3 is 2.54 bits per heavy atom. The predicted molar refractivity (Wildman–Crippen MR) is 93.1 cm³/mol. The summed E-state index contributed by atoms with van der Waals surface area (Å²) in [5.41, 5.74) is 0.661. The van der Waals surface area contributed by atoms with E-state index >= 15 is 0 Å². The maximum Gasteiger partial charge on any atom is 0.266 e. The Kier molecular flexibility index (Phi) is 5.50. The van der Waals surface area contributed by atoms with E-state index < -0.39 is 0 Å². The van der Waals surface area contributed by atoms with Crippen LogP contribution in [0.15, 0.2) is 17.1 Å². The highest BCUT2D eigenvalue weighted by Crippen LogP contribution is 2.23. The first-order valence-corrected chi connectivity index (χ1v) is 8.98. The molecule has 0 spiro atoms. The van der Waals surface area contributed by atoms with Gasteiger partial charge in [-0.25, -0.2) is 5.10 Å². The summed E-state index contributed by atoms with van der Waals surface area (Å²) in [5.74, 6) is 0.434. The lowest BCUT2D eigenvalue weighted by Crippen LogP contribution is -2.51. The van der Waals surface area contributed by atoms with E-state index in [1.807, 2.05) is 4.90 Å². The van der Waals surface area contributed by atoms with Crippen LogP contribution in [0.5, 0.6) is 0 Å². The van der Waals surface area contributed by atoms with E-state index in [1.54, 1.807) is 12.3 Å². The number of amides is 1. The Balaban J connectivity index is 1.50. The number of aromatic nitrogens is 2. The second kappa shape index (κ2) is 7.79. The SMILES string of the molecule is CCCN1CCN(C(=O)C2CCN(c3cn[nH]c(=O)c3)CC2)CC1. The molecule has 2 aliphatic rings. The van der Waals surface area contributed by atoms with Gasteiger partial charge in [0.25, 0.3) is 5.56 Å². The van der Waals surface area contributed by atoms with Crippen LogP contribution in [0.1, 0.15) is 26.2 Å². The van der Waals surface area contributed by atoms with Gasteiger partial charge >= 0.3 is 0 Å². The minimum absolute atomic E-state index is 0.119. The standard InChI is InChI=1S/C17H27N5O2/c1-2-5-20-8-10-22(11-9-20)17(24)14-3-6-21(7-4-14)15-12-16(23)19-18-13-15/h12-14H,2-11H2,1H3,(H,19,23). The molecular weight excluding hydrogens is 306 g/mol. The summed E-state index contributed by atoms with van der Waals surface area (Å²) in [4.78, 5) is 30.7. The number of rotatable bonds is 4. The molecule has 2 aliphatic heterocycles. The average Bonchev–Trinajstić information content (AvgIpc) is 2.62. The number of hydrogen-bond acceptors (Lipinski definition) is 5. The van der Waals surface area contributed by atoms with Crippen LogP contribution in [-0.2, 0) is 4.79 Å². The molecule has 7 heteroatoms. The summed E-state index contributed by atoms with van der Waals surface area (Å²) < 4.78 is 0. The summed E-state index contributed by atoms with van der Waals surface area (Å²) in [7, 11) is 0. The number of H-pyrrole nitrogens is 1. The van der Waals surface area contributed by atoms with Gasteiger partial charge in [0.15, 0.2) is 0 Å². The molecule has 24 heavy (non-hydrogen) atoms. The lowest BCUT2D eigenvalue weighted by atomic mass is 9.94. The Morgan fingerprint density at radius 1 is 1.21 bits per heavy atom. The monoisotopic (exact) mass is 333 g/mol. The van der Waals surface area contributed by atoms with E-state index in [1.165, 1.54) is 6.42 Å². The highest BCUT2D eigenvalue weighted by atomic mass is 16.2. The minimum atomic E-state index is -0.185. The van der Waals surface area contributed by atoms with Crippen LogP contribution in [0, 0.1) is 5.92 Å². The Bertz CT molecular complexity index is 601. The van der Waals surface area contributed by atoms with Gasteiger partial charge in [0.05, 0.1) is 11.9 Å². The number of piperidine rings is 1. The van der Waals surface area contributed by atoms with Crippen LogP contribution < -0.4 is 10.5 Å². The zero-order valence-corrected chi connectivity index (χ0v) is 14.4. The van der Waals surface area contributed by atoms with Crippen LogP contribution in [0.2, 0.25) is 0 Å². The molecule has 0 saturated carbocycles. The van der Waals surface area contributed by atoms with Crippen molar-refractivity contribution in [3.8, 4) is 0 Å². The number of piperazine rings is 1. The van der Waals surface area contributed by atoms with Crippen molar-refractivity contribution in [1.29, 1.82) is 0 Å². The van der Waals surface area contributed by atoms with Gasteiger partial charge in [0, 0.05) is 51.3 Å². The first-order valence-electron chi connectivity index (χ1n) is 8.98. The van der Waals surface area contributed by atoms with Gasteiger partial charge < -0.3 is 9.80 Å². The molecular formula is C17H27N5O2. The minimum Gasteiger partial charge on any atom is -0.370 e. The summed E-state index contributed by atoms with van der Waals surface area (Å²) in [6, 6.07) is 1.57. The molecule has 0 radical (unpaired) electrons. The molecule has 0 aliphatic carbocycles. The Labute approximate surface area is 142 Å². The molecule has 1 N–H and O–H groups in total. The van der Waals surface area contributed by atoms with E-state index in [-0.39, 0.29) is 11.5 Å². The second-order valence-corrected chi connectivity index (χ2v) is 6.73. The predicted octanol–water partition coefficient (Wildman–Crippen LogP) is 0.541. The lowest BCUT2D eigenvalue weighted by Gasteiger charge is -2.38. The molecule has 1 amide bonds. The van der Waals surface area contributed by atoms with Crippen molar-refractivity contribution in [2.24, 2.45) is 5.92 Å². The highest BCUT2D eigenvalue weighted by Gasteiger charge is 2.30. The first-order chi connectivity index (χ1) is 11.7. The molecule has 132 valence electrons. The zero-order chi connectivity index (χ0) is 16.9. The van der Waals surface area contributed by atoms with E-state index in [4.69, 9.17) is 0 Å². The van der Waals surface area contributed by atoms with Gasteiger partial charge in [-0.2, -0.15) is 5.10 Å². The molecule has 0 atom stereocenters. The van der Waals surface area contributed by atoms with E-state index in [0.29, 0.717) is 5.91 Å². The normalized spacial score (nSPS) is 20.4. The lowest BCUT2D eigenvalue weighted by molar-refractivity contribution is -0.138. The van der Waals surface area contributed by atoms with Crippen LogP contribution in [-0.4, -0.2) is 71.7 Å². The van der Waals surface area contributed by atoms with E-state index in [9.17, 15) is 9.59 Å². The van der Waals surface area contributed by atoms with Gasteiger partial charge in [0.2, 0.25) is 5.91 Å². The number of nitrogens with zero attached hydrogens (tertiary/aromatic N) is 4. The first kappa shape index (κ1) is 17.0. The summed E-state index contributed by atoms with van der Waals surface area (Å²) in [6.07, 6.45) is 4.54. The molecule has 0 aromatic carbocycles. The summed E-state index contributed by atoms with van der Waals surface area (Å²) in [5, 5.41) is 6.25. The van der Waals surface area contributed by atoms with Gasteiger partial charge in [-0.3, -0.25) is 14.5 Å². The second-order valence-electron chi connectivity index (χ2n) is 6.73. The van der Waals surface area contributed by atoms with Crippen molar-refractivity contribution in [3.05, 3.63) is 22.6 Å². The number of anilines is 1. The quantitative estimate of drug-likeness (QED) is 0.871. The molecule has 3 heterocycles. The fourth-order valence-corrected chi connectivity index (χ4v) is 3.69. The molecule has 0 unspecified atom stereocenters. The molecule has 0 bridgehead atoms. The third kappa shape index (κ3) is 3.95. The summed E-state index contributed by atoms with van der Waals surface area (Å²) >= 11 is 0. The van der Waals surface area contributed by atoms with Crippen molar-refractivity contribution >= 4 is 11.6 Å². The maximum atomic E-state index is 12.7. The van der Waals surface area contributed by atoms with Crippen molar-refractivity contribution in [1.82, 2.24) is 20.0 Å². The third-order valence-electron chi connectivity index (χ3n) is 5.08. The fourth-order valence-electron chi connectivity index (χ4n) is 3.69. The van der Waals surface area contributed by atoms with Crippen LogP contribution in [0.25, 0.3) is 0 Å². The van der Waals surface area contributed by atoms with Crippen molar-refractivity contribution < 1.29 is 4.79 Å². The Morgan fingerprint density at radius 2 is 1.92 bits per heavy atom. The van der Waals surface area contributed by atoms with Crippen LogP contribution in [0.4, 0.5) is 5.69 Å². The van der Waals surface area contributed by atoms with Crippen LogP contribution >= 0.6 is 0 Å².